The molecule has 0 unspecified atom stereocenters. The van der Waals surface area contributed by atoms with E-state index in [4.69, 9.17) is 5.73 Å². The van der Waals surface area contributed by atoms with E-state index in [0.29, 0.717) is 6.04 Å². The van der Waals surface area contributed by atoms with Gasteiger partial charge in [-0.25, -0.2) is 0 Å². The Morgan fingerprint density at radius 3 is 2.21 bits per heavy atom. The standard InChI is InChI=1S/C17H34N2/c1-2-13-19(17-10-8-16(18)9-11-17)14-12-15-6-4-3-5-7-15/h15-17H,2-14,18H2,1H3. The van der Waals surface area contributed by atoms with E-state index in [1.165, 1.54) is 83.7 Å². The minimum atomic E-state index is 0.484. The lowest BCUT2D eigenvalue weighted by atomic mass is 9.86. The highest BCUT2D eigenvalue weighted by atomic mass is 15.1. The maximum absolute atomic E-state index is 6.04. The predicted molar refractivity (Wildman–Crippen MR) is 83.3 cm³/mol. The van der Waals surface area contributed by atoms with Gasteiger partial charge in [-0.2, -0.15) is 0 Å². The lowest BCUT2D eigenvalue weighted by Gasteiger charge is -2.37. The van der Waals surface area contributed by atoms with Crippen LogP contribution in [0.3, 0.4) is 0 Å². The number of nitrogens with zero attached hydrogens (tertiary/aromatic N) is 1. The molecule has 2 heteroatoms. The van der Waals surface area contributed by atoms with E-state index in [0.717, 1.165) is 12.0 Å². The van der Waals surface area contributed by atoms with Gasteiger partial charge in [-0.3, -0.25) is 0 Å². The van der Waals surface area contributed by atoms with Crippen LogP contribution in [0.15, 0.2) is 0 Å². The maximum atomic E-state index is 6.04. The second-order valence-corrected chi connectivity index (χ2v) is 6.90. The Morgan fingerprint density at radius 1 is 0.895 bits per heavy atom. The first-order valence-corrected chi connectivity index (χ1v) is 8.79. The smallest absolute Gasteiger partial charge is 0.00964 e. The molecule has 2 saturated carbocycles. The quantitative estimate of drug-likeness (QED) is 0.789. The molecule has 2 rings (SSSR count). The van der Waals surface area contributed by atoms with Crippen molar-refractivity contribution in [1.29, 1.82) is 0 Å². The van der Waals surface area contributed by atoms with Gasteiger partial charge in [0.05, 0.1) is 0 Å². The van der Waals surface area contributed by atoms with E-state index < -0.39 is 0 Å². The van der Waals surface area contributed by atoms with Gasteiger partial charge in [0.15, 0.2) is 0 Å². The summed E-state index contributed by atoms with van der Waals surface area (Å²) < 4.78 is 0. The van der Waals surface area contributed by atoms with Crippen molar-refractivity contribution in [3.05, 3.63) is 0 Å². The van der Waals surface area contributed by atoms with Crippen LogP contribution < -0.4 is 5.73 Å². The van der Waals surface area contributed by atoms with Crippen molar-refractivity contribution >= 4 is 0 Å². The van der Waals surface area contributed by atoms with Crippen LogP contribution >= 0.6 is 0 Å². The highest BCUT2D eigenvalue weighted by molar-refractivity contribution is 4.81. The van der Waals surface area contributed by atoms with E-state index in [-0.39, 0.29) is 0 Å². The summed E-state index contributed by atoms with van der Waals surface area (Å²) in [6.07, 6.45) is 15.4. The molecule has 0 bridgehead atoms. The molecule has 2 fully saturated rings. The molecule has 0 spiro atoms. The van der Waals surface area contributed by atoms with E-state index in [9.17, 15) is 0 Å². The van der Waals surface area contributed by atoms with Crippen molar-refractivity contribution in [2.75, 3.05) is 13.1 Å². The molecule has 2 nitrogen and oxygen atoms in total. The van der Waals surface area contributed by atoms with Gasteiger partial charge in [-0.15, -0.1) is 0 Å². The van der Waals surface area contributed by atoms with Gasteiger partial charge >= 0.3 is 0 Å². The van der Waals surface area contributed by atoms with Crippen LogP contribution in [0, 0.1) is 5.92 Å². The van der Waals surface area contributed by atoms with Crippen LogP contribution in [-0.2, 0) is 0 Å². The minimum absolute atomic E-state index is 0.484. The highest BCUT2D eigenvalue weighted by Gasteiger charge is 2.24. The Hall–Kier alpha value is -0.0800. The molecule has 0 aromatic carbocycles. The topological polar surface area (TPSA) is 29.3 Å². The third kappa shape index (κ3) is 5.07. The zero-order chi connectivity index (χ0) is 13.5. The SMILES string of the molecule is CCCN(CCC1CCCCC1)C1CCC(N)CC1. The number of rotatable bonds is 6. The molecule has 0 amide bonds. The molecular weight excluding hydrogens is 232 g/mol. The highest BCUT2D eigenvalue weighted by Crippen LogP contribution is 2.28. The van der Waals surface area contributed by atoms with Crippen LogP contribution in [-0.4, -0.2) is 30.1 Å². The molecule has 0 radical (unpaired) electrons. The van der Waals surface area contributed by atoms with Gasteiger partial charge in [0, 0.05) is 12.1 Å². The first-order chi connectivity index (χ1) is 9.29. The van der Waals surface area contributed by atoms with Crippen molar-refractivity contribution in [2.24, 2.45) is 11.7 Å². The maximum Gasteiger partial charge on any atom is 0.00964 e. The van der Waals surface area contributed by atoms with Crippen molar-refractivity contribution in [3.8, 4) is 0 Å². The minimum Gasteiger partial charge on any atom is -0.328 e. The monoisotopic (exact) mass is 266 g/mol. The fourth-order valence-electron chi connectivity index (χ4n) is 4.06. The van der Waals surface area contributed by atoms with Crippen LogP contribution in [0.2, 0.25) is 0 Å². The van der Waals surface area contributed by atoms with Gasteiger partial charge in [0.1, 0.15) is 0 Å². The molecule has 2 N–H and O–H groups in total. The van der Waals surface area contributed by atoms with Crippen LogP contribution in [0.5, 0.6) is 0 Å². The van der Waals surface area contributed by atoms with Crippen molar-refractivity contribution in [3.63, 3.8) is 0 Å². The summed E-state index contributed by atoms with van der Waals surface area (Å²) in [5, 5.41) is 0. The van der Waals surface area contributed by atoms with Crippen LogP contribution in [0.1, 0.15) is 77.6 Å². The third-order valence-corrected chi connectivity index (χ3v) is 5.32. The van der Waals surface area contributed by atoms with Crippen molar-refractivity contribution in [1.82, 2.24) is 4.90 Å². The Balaban J connectivity index is 1.74. The lowest BCUT2D eigenvalue weighted by molar-refractivity contribution is 0.136. The number of hydrogen-bond acceptors (Lipinski definition) is 2. The predicted octanol–water partition coefficient (Wildman–Crippen LogP) is 3.94. The average Bonchev–Trinajstić information content (AvgIpc) is 2.46. The van der Waals surface area contributed by atoms with Gasteiger partial charge in [-0.05, 0) is 57.5 Å². The molecule has 0 atom stereocenters. The van der Waals surface area contributed by atoms with Crippen LogP contribution in [0.4, 0.5) is 0 Å². The molecular formula is C17H34N2. The normalized spacial score (nSPS) is 29.8. The van der Waals surface area contributed by atoms with Crippen molar-refractivity contribution in [2.45, 2.75) is 89.6 Å². The molecule has 0 aliphatic heterocycles. The van der Waals surface area contributed by atoms with Gasteiger partial charge in [0.25, 0.3) is 0 Å². The first kappa shape index (κ1) is 15.3. The fourth-order valence-corrected chi connectivity index (χ4v) is 4.06. The molecule has 0 aromatic rings. The summed E-state index contributed by atoms with van der Waals surface area (Å²) >= 11 is 0. The van der Waals surface area contributed by atoms with E-state index >= 15 is 0 Å². The summed E-state index contributed by atoms with van der Waals surface area (Å²) in [7, 11) is 0. The molecule has 0 saturated heterocycles. The second kappa shape index (κ2) is 8.26. The number of hydrogen-bond donors (Lipinski definition) is 1. The Bertz CT molecular complexity index is 227. The third-order valence-electron chi connectivity index (χ3n) is 5.32. The summed E-state index contributed by atoms with van der Waals surface area (Å²) in [5.41, 5.74) is 6.04. The molecule has 0 aromatic heterocycles. The molecule has 19 heavy (non-hydrogen) atoms. The molecule has 2 aliphatic rings. The van der Waals surface area contributed by atoms with E-state index in [2.05, 4.69) is 11.8 Å². The molecule has 2 aliphatic carbocycles. The lowest BCUT2D eigenvalue weighted by Crippen LogP contribution is -2.42. The van der Waals surface area contributed by atoms with E-state index in [1.807, 2.05) is 0 Å². The Labute approximate surface area is 120 Å². The van der Waals surface area contributed by atoms with Gasteiger partial charge in [-0.1, -0.05) is 39.0 Å². The molecule has 112 valence electrons. The van der Waals surface area contributed by atoms with Gasteiger partial charge < -0.3 is 10.6 Å². The largest absolute Gasteiger partial charge is 0.328 e. The van der Waals surface area contributed by atoms with Crippen molar-refractivity contribution < 1.29 is 0 Å². The summed E-state index contributed by atoms with van der Waals surface area (Å²) in [5.74, 6) is 1.03. The summed E-state index contributed by atoms with van der Waals surface area (Å²) in [4.78, 5) is 2.79. The second-order valence-electron chi connectivity index (χ2n) is 6.90. The molecule has 0 heterocycles. The average molecular weight is 266 g/mol. The first-order valence-electron chi connectivity index (χ1n) is 8.79. The Kier molecular flexibility index (Phi) is 6.66. The summed E-state index contributed by atoms with van der Waals surface area (Å²) in [6, 6.07) is 1.32. The fraction of sp³-hybridized carbons (Fsp3) is 1.00. The zero-order valence-electron chi connectivity index (χ0n) is 12.9. The number of nitrogens with two attached hydrogens (primary N) is 1. The summed E-state index contributed by atoms with van der Waals surface area (Å²) in [6.45, 7) is 4.97. The Morgan fingerprint density at radius 2 is 1.58 bits per heavy atom. The zero-order valence-corrected chi connectivity index (χ0v) is 12.9. The van der Waals surface area contributed by atoms with E-state index in [1.54, 1.807) is 0 Å². The van der Waals surface area contributed by atoms with Crippen LogP contribution in [0.25, 0.3) is 0 Å². The van der Waals surface area contributed by atoms with Gasteiger partial charge in [0.2, 0.25) is 0 Å².